The summed E-state index contributed by atoms with van der Waals surface area (Å²) >= 11 is 1.20. The van der Waals surface area contributed by atoms with Crippen LogP contribution in [-0.2, 0) is 4.79 Å². The monoisotopic (exact) mass is 309 g/mol. The Bertz CT molecular complexity index is 668. The quantitative estimate of drug-likeness (QED) is 0.859. The van der Waals surface area contributed by atoms with Gasteiger partial charge in [-0.2, -0.15) is 0 Å². The number of benzene rings is 1. The highest BCUT2D eigenvalue weighted by molar-refractivity contribution is 7.20. The van der Waals surface area contributed by atoms with Crippen LogP contribution in [0.25, 0.3) is 10.1 Å². The van der Waals surface area contributed by atoms with E-state index in [1.807, 2.05) is 6.92 Å². The molecule has 0 aliphatic rings. The number of fused-ring (bicyclic) bond motifs is 1. The highest BCUT2D eigenvalue weighted by Gasteiger charge is 2.18. The minimum absolute atomic E-state index is 0.112. The topological polar surface area (TPSA) is 66.4 Å². The maximum atomic E-state index is 13.6. The predicted molar refractivity (Wildman–Crippen MR) is 80.2 cm³/mol. The van der Waals surface area contributed by atoms with Crippen molar-refractivity contribution < 1.29 is 19.1 Å². The molecular weight excluding hydrogens is 293 g/mol. The lowest BCUT2D eigenvalue weighted by molar-refractivity contribution is -0.137. The zero-order valence-corrected chi connectivity index (χ0v) is 12.4. The van der Waals surface area contributed by atoms with Gasteiger partial charge in [-0.15, -0.1) is 11.3 Å². The van der Waals surface area contributed by atoms with Gasteiger partial charge in [-0.1, -0.05) is 19.4 Å². The van der Waals surface area contributed by atoms with Crippen molar-refractivity contribution in [3.63, 3.8) is 0 Å². The van der Waals surface area contributed by atoms with Crippen LogP contribution >= 0.6 is 11.3 Å². The van der Waals surface area contributed by atoms with Crippen LogP contribution in [0.1, 0.15) is 35.9 Å². The molecule has 1 aromatic heterocycles. The van der Waals surface area contributed by atoms with Crippen LogP contribution in [-0.4, -0.2) is 23.0 Å². The Morgan fingerprint density at radius 3 is 2.81 bits per heavy atom. The molecule has 0 bridgehead atoms. The average molecular weight is 309 g/mol. The van der Waals surface area contributed by atoms with Crippen molar-refractivity contribution in [2.24, 2.45) is 0 Å². The van der Waals surface area contributed by atoms with E-state index in [1.165, 1.54) is 23.5 Å². The third-order valence-electron chi connectivity index (χ3n) is 3.13. The van der Waals surface area contributed by atoms with E-state index >= 15 is 0 Å². The third-order valence-corrected chi connectivity index (χ3v) is 4.22. The number of thiophene rings is 1. The molecule has 0 aliphatic heterocycles. The van der Waals surface area contributed by atoms with E-state index in [0.29, 0.717) is 21.4 Å². The van der Waals surface area contributed by atoms with Gasteiger partial charge in [0.25, 0.3) is 5.91 Å². The van der Waals surface area contributed by atoms with Gasteiger partial charge in [0.15, 0.2) is 0 Å². The summed E-state index contributed by atoms with van der Waals surface area (Å²) < 4.78 is 14.3. The van der Waals surface area contributed by atoms with Crippen LogP contribution in [0.3, 0.4) is 0 Å². The fourth-order valence-electron chi connectivity index (χ4n) is 2.18. The van der Waals surface area contributed by atoms with E-state index in [-0.39, 0.29) is 18.1 Å². The Morgan fingerprint density at radius 2 is 2.19 bits per heavy atom. The number of carboxylic acids is 1. The van der Waals surface area contributed by atoms with Gasteiger partial charge in [0, 0.05) is 16.1 Å². The summed E-state index contributed by atoms with van der Waals surface area (Å²) in [4.78, 5) is 23.4. The highest BCUT2D eigenvalue weighted by atomic mass is 32.1. The van der Waals surface area contributed by atoms with Crippen LogP contribution in [0.4, 0.5) is 4.39 Å². The molecule has 2 rings (SSSR count). The standard InChI is InChI=1S/C15H16FNO3S/c1-2-4-9(7-14(18)19)17-15(20)13-8-10-11(16)5-3-6-12(10)21-13/h3,5-6,8-9H,2,4,7H2,1H3,(H,17,20)(H,18,19). The van der Waals surface area contributed by atoms with Crippen molar-refractivity contribution >= 4 is 33.3 Å². The van der Waals surface area contributed by atoms with E-state index in [2.05, 4.69) is 5.32 Å². The van der Waals surface area contributed by atoms with Crippen LogP contribution < -0.4 is 5.32 Å². The minimum atomic E-state index is -0.948. The maximum absolute atomic E-state index is 13.6. The Balaban J connectivity index is 2.17. The van der Waals surface area contributed by atoms with Crippen LogP contribution in [0.15, 0.2) is 24.3 Å². The zero-order chi connectivity index (χ0) is 15.4. The molecule has 2 aromatic rings. The largest absolute Gasteiger partial charge is 0.481 e. The van der Waals surface area contributed by atoms with Crippen LogP contribution in [0.2, 0.25) is 0 Å². The van der Waals surface area contributed by atoms with Crippen LogP contribution in [0.5, 0.6) is 0 Å². The van der Waals surface area contributed by atoms with Gasteiger partial charge in [0.2, 0.25) is 0 Å². The molecule has 1 heterocycles. The highest BCUT2D eigenvalue weighted by Crippen LogP contribution is 2.27. The number of aliphatic carboxylic acids is 1. The number of carboxylic acid groups (broad SMARTS) is 1. The molecule has 112 valence electrons. The zero-order valence-electron chi connectivity index (χ0n) is 11.6. The molecule has 0 spiro atoms. The fourth-order valence-corrected chi connectivity index (χ4v) is 3.16. The first kappa shape index (κ1) is 15.4. The SMILES string of the molecule is CCCC(CC(=O)O)NC(=O)c1cc2c(F)cccc2s1. The Kier molecular flexibility index (Phi) is 4.90. The minimum Gasteiger partial charge on any atom is -0.481 e. The van der Waals surface area contributed by atoms with E-state index in [9.17, 15) is 14.0 Å². The molecule has 6 heteroatoms. The van der Waals surface area contributed by atoms with Crippen molar-refractivity contribution in [2.45, 2.75) is 32.2 Å². The molecule has 0 fully saturated rings. The number of amides is 1. The first-order valence-corrected chi connectivity index (χ1v) is 7.53. The predicted octanol–water partition coefficient (Wildman–Crippen LogP) is 3.41. The first-order valence-electron chi connectivity index (χ1n) is 6.72. The summed E-state index contributed by atoms with van der Waals surface area (Å²) in [5.41, 5.74) is 0. The molecule has 4 nitrogen and oxygen atoms in total. The van der Waals surface area contributed by atoms with Crippen molar-refractivity contribution in [3.05, 3.63) is 35.0 Å². The van der Waals surface area contributed by atoms with E-state index in [0.717, 1.165) is 6.42 Å². The normalized spacial score (nSPS) is 12.3. The van der Waals surface area contributed by atoms with Crippen LogP contribution in [0, 0.1) is 5.82 Å². The molecule has 1 amide bonds. The second-order valence-corrected chi connectivity index (χ2v) is 5.90. The number of hydrogen-bond donors (Lipinski definition) is 2. The summed E-state index contributed by atoms with van der Waals surface area (Å²) in [5.74, 6) is -1.66. The molecule has 0 saturated heterocycles. The van der Waals surface area contributed by atoms with Gasteiger partial charge in [0.1, 0.15) is 5.82 Å². The number of nitrogens with one attached hydrogen (secondary N) is 1. The molecule has 0 aliphatic carbocycles. The van der Waals surface area contributed by atoms with Crippen molar-refractivity contribution in [2.75, 3.05) is 0 Å². The number of carbonyl (C=O) groups excluding carboxylic acids is 1. The molecule has 1 atom stereocenters. The maximum Gasteiger partial charge on any atom is 0.305 e. The van der Waals surface area contributed by atoms with Crippen molar-refractivity contribution in [3.8, 4) is 0 Å². The lowest BCUT2D eigenvalue weighted by Crippen LogP contribution is -2.36. The molecule has 21 heavy (non-hydrogen) atoms. The molecule has 1 unspecified atom stereocenters. The van der Waals surface area contributed by atoms with Gasteiger partial charge < -0.3 is 10.4 Å². The summed E-state index contributed by atoms with van der Waals surface area (Å²) in [6.45, 7) is 1.93. The summed E-state index contributed by atoms with van der Waals surface area (Å²) in [7, 11) is 0. The fraction of sp³-hybridized carbons (Fsp3) is 0.333. The number of carbonyl (C=O) groups is 2. The number of halogens is 1. The van der Waals surface area contributed by atoms with E-state index in [1.54, 1.807) is 12.1 Å². The first-order chi connectivity index (χ1) is 10.0. The van der Waals surface area contributed by atoms with Gasteiger partial charge in [-0.3, -0.25) is 9.59 Å². The van der Waals surface area contributed by atoms with E-state index in [4.69, 9.17) is 5.11 Å². The van der Waals surface area contributed by atoms with Gasteiger partial charge >= 0.3 is 5.97 Å². The van der Waals surface area contributed by atoms with Crippen molar-refractivity contribution in [1.29, 1.82) is 0 Å². The van der Waals surface area contributed by atoms with Gasteiger partial charge in [-0.05, 0) is 24.6 Å². The lowest BCUT2D eigenvalue weighted by atomic mass is 10.1. The Labute approximate surface area is 125 Å². The van der Waals surface area contributed by atoms with Crippen molar-refractivity contribution in [1.82, 2.24) is 5.32 Å². The molecule has 0 saturated carbocycles. The van der Waals surface area contributed by atoms with Gasteiger partial charge in [-0.25, -0.2) is 4.39 Å². The number of rotatable bonds is 6. The van der Waals surface area contributed by atoms with Gasteiger partial charge in [0.05, 0.1) is 11.3 Å². The Morgan fingerprint density at radius 1 is 1.43 bits per heavy atom. The Hall–Kier alpha value is -1.95. The van der Waals surface area contributed by atoms with E-state index < -0.39 is 12.0 Å². The lowest BCUT2D eigenvalue weighted by Gasteiger charge is -2.15. The number of hydrogen-bond acceptors (Lipinski definition) is 3. The average Bonchev–Trinajstić information content (AvgIpc) is 2.83. The summed E-state index contributed by atoms with van der Waals surface area (Å²) in [6, 6.07) is 5.80. The molecular formula is C15H16FNO3S. The molecule has 1 aromatic carbocycles. The second-order valence-electron chi connectivity index (χ2n) is 4.82. The third kappa shape index (κ3) is 3.78. The molecule has 2 N–H and O–H groups in total. The molecule has 0 radical (unpaired) electrons. The second kappa shape index (κ2) is 6.67. The summed E-state index contributed by atoms with van der Waals surface area (Å²) in [6.07, 6.45) is 1.26. The summed E-state index contributed by atoms with van der Waals surface area (Å²) in [5, 5.41) is 12.0. The smallest absolute Gasteiger partial charge is 0.305 e.